The van der Waals surface area contributed by atoms with E-state index in [1.54, 1.807) is 0 Å². The molecule has 0 radical (unpaired) electrons. The summed E-state index contributed by atoms with van der Waals surface area (Å²) in [6.45, 7) is 6.46. The van der Waals surface area contributed by atoms with Gasteiger partial charge in [-0.1, -0.05) is 221 Å². The van der Waals surface area contributed by atoms with Gasteiger partial charge >= 0.3 is 17.9 Å². The van der Waals surface area contributed by atoms with E-state index in [2.05, 4.69) is 106 Å². The Hall–Kier alpha value is -3.41. The van der Waals surface area contributed by atoms with Gasteiger partial charge in [0.15, 0.2) is 6.10 Å². The van der Waals surface area contributed by atoms with E-state index < -0.39 is 6.10 Å². The van der Waals surface area contributed by atoms with Crippen molar-refractivity contribution in [2.24, 2.45) is 0 Å². The molecule has 67 heavy (non-hydrogen) atoms. The minimum absolute atomic E-state index is 0.104. The highest BCUT2D eigenvalue weighted by atomic mass is 16.6. The van der Waals surface area contributed by atoms with Crippen LogP contribution in [0.2, 0.25) is 0 Å². The molecular weight excluding hydrogens is 829 g/mol. The standard InChI is InChI=1S/C61H104O6/c1-4-7-10-13-16-19-22-25-27-29-30-32-33-36-39-42-45-48-51-54-60(63)66-57-58(56-65-59(62)53-50-47-44-41-38-35-24-21-18-15-12-9-6-3)67-61(64)55-52-49-46-43-40-37-34-31-28-26-23-20-17-14-11-8-5-2/h7,10,16,19,25-28,34-35,37-38,43,46,58H,4-6,8-9,11-15,17-18,20-24,29-33,36,39-42,44-45,47-57H2,1-3H3/b10-7-,19-16-,27-25-,28-26-,37-34-,38-35-,46-43-. The average molecular weight is 933 g/mol. The maximum absolute atomic E-state index is 12.8. The quantitative estimate of drug-likeness (QED) is 0.0262. The largest absolute Gasteiger partial charge is 0.462 e. The fraction of sp³-hybridized carbons (Fsp3) is 0.721. The molecule has 0 aromatic carbocycles. The van der Waals surface area contributed by atoms with Gasteiger partial charge in [0.05, 0.1) is 0 Å². The molecule has 0 N–H and O–H groups in total. The van der Waals surface area contributed by atoms with Crippen molar-refractivity contribution in [1.82, 2.24) is 0 Å². The number of hydrogen-bond donors (Lipinski definition) is 0. The topological polar surface area (TPSA) is 78.9 Å². The average Bonchev–Trinajstić information content (AvgIpc) is 3.33. The Bertz CT molecular complexity index is 1300. The van der Waals surface area contributed by atoms with Crippen molar-refractivity contribution in [1.29, 1.82) is 0 Å². The first kappa shape index (κ1) is 63.6. The predicted molar refractivity (Wildman–Crippen MR) is 288 cm³/mol. The van der Waals surface area contributed by atoms with E-state index in [1.165, 1.54) is 128 Å². The first-order valence-corrected chi connectivity index (χ1v) is 28.1. The van der Waals surface area contributed by atoms with Crippen LogP contribution in [0, 0.1) is 0 Å². The Morgan fingerprint density at radius 3 is 0.985 bits per heavy atom. The molecular formula is C61H104O6. The number of hydrogen-bond acceptors (Lipinski definition) is 6. The predicted octanol–water partition coefficient (Wildman–Crippen LogP) is 18.8. The molecule has 384 valence electrons. The summed E-state index contributed by atoms with van der Waals surface area (Å²) in [5.41, 5.74) is 0. The maximum Gasteiger partial charge on any atom is 0.306 e. The lowest BCUT2D eigenvalue weighted by molar-refractivity contribution is -0.167. The van der Waals surface area contributed by atoms with Crippen molar-refractivity contribution < 1.29 is 28.6 Å². The molecule has 0 aromatic heterocycles. The van der Waals surface area contributed by atoms with E-state index >= 15 is 0 Å². The van der Waals surface area contributed by atoms with Gasteiger partial charge in [-0.15, -0.1) is 0 Å². The number of allylic oxidation sites excluding steroid dienone is 14. The molecule has 0 saturated heterocycles. The molecule has 0 amide bonds. The minimum Gasteiger partial charge on any atom is -0.462 e. The van der Waals surface area contributed by atoms with Crippen molar-refractivity contribution in [3.63, 3.8) is 0 Å². The fourth-order valence-corrected chi connectivity index (χ4v) is 7.64. The van der Waals surface area contributed by atoms with E-state index in [0.717, 1.165) is 89.9 Å². The third-order valence-electron chi connectivity index (χ3n) is 11.9. The van der Waals surface area contributed by atoms with Gasteiger partial charge in [-0.3, -0.25) is 14.4 Å². The van der Waals surface area contributed by atoms with Gasteiger partial charge in [-0.25, -0.2) is 0 Å². The van der Waals surface area contributed by atoms with Crippen LogP contribution in [-0.2, 0) is 28.6 Å². The van der Waals surface area contributed by atoms with Crippen LogP contribution < -0.4 is 0 Å². The normalized spacial score (nSPS) is 12.7. The Morgan fingerprint density at radius 1 is 0.313 bits per heavy atom. The summed E-state index contributed by atoms with van der Waals surface area (Å²) in [4.78, 5) is 38.1. The molecule has 0 bridgehead atoms. The van der Waals surface area contributed by atoms with Gasteiger partial charge in [-0.05, 0) is 109 Å². The summed E-state index contributed by atoms with van der Waals surface area (Å²) < 4.78 is 16.8. The Kier molecular flexibility index (Phi) is 52.4. The molecule has 0 aliphatic rings. The van der Waals surface area contributed by atoms with Gasteiger partial charge in [0.2, 0.25) is 0 Å². The van der Waals surface area contributed by atoms with Crippen molar-refractivity contribution in [3.05, 3.63) is 85.1 Å². The minimum atomic E-state index is -0.811. The summed E-state index contributed by atoms with van der Waals surface area (Å²) in [5.74, 6) is -0.975. The molecule has 1 unspecified atom stereocenters. The van der Waals surface area contributed by atoms with Gasteiger partial charge in [-0.2, -0.15) is 0 Å². The van der Waals surface area contributed by atoms with Gasteiger partial charge in [0.25, 0.3) is 0 Å². The lowest BCUT2D eigenvalue weighted by Gasteiger charge is -2.18. The van der Waals surface area contributed by atoms with Gasteiger partial charge < -0.3 is 14.2 Å². The second-order valence-corrected chi connectivity index (χ2v) is 18.5. The van der Waals surface area contributed by atoms with Crippen LogP contribution >= 0.6 is 0 Å². The van der Waals surface area contributed by atoms with Crippen molar-refractivity contribution >= 4 is 17.9 Å². The van der Waals surface area contributed by atoms with Crippen LogP contribution in [0.3, 0.4) is 0 Å². The number of unbranched alkanes of at least 4 members (excludes halogenated alkanes) is 25. The molecule has 0 aliphatic heterocycles. The summed E-state index contributed by atoms with van der Waals surface area (Å²) in [6, 6.07) is 0. The van der Waals surface area contributed by atoms with Crippen molar-refractivity contribution in [2.75, 3.05) is 13.2 Å². The second kappa shape index (κ2) is 55.2. The van der Waals surface area contributed by atoms with E-state index in [1.807, 2.05) is 0 Å². The van der Waals surface area contributed by atoms with Crippen LogP contribution in [0.15, 0.2) is 85.1 Å². The lowest BCUT2D eigenvalue weighted by Crippen LogP contribution is -2.30. The number of carbonyl (C=O) groups is 3. The fourth-order valence-electron chi connectivity index (χ4n) is 7.64. The first-order chi connectivity index (χ1) is 33.0. The molecule has 0 aromatic rings. The zero-order valence-electron chi connectivity index (χ0n) is 43.9. The smallest absolute Gasteiger partial charge is 0.306 e. The van der Waals surface area contributed by atoms with Crippen LogP contribution in [-0.4, -0.2) is 37.2 Å². The number of carbonyl (C=O) groups excluding carboxylic acids is 3. The SMILES string of the molecule is CC/C=C\C/C=C\C/C=C\CCCCCCCCCCCC(=O)OCC(COC(=O)CCCCC/C=C\CCCCCCCC)OC(=O)CCC/C=C\C/C=C\C/C=C\CCCCCCCC. The van der Waals surface area contributed by atoms with Crippen molar-refractivity contribution in [2.45, 2.75) is 271 Å². The molecule has 1 atom stereocenters. The molecule has 0 saturated carbocycles. The van der Waals surface area contributed by atoms with Crippen LogP contribution in [0.5, 0.6) is 0 Å². The zero-order chi connectivity index (χ0) is 48.6. The highest BCUT2D eigenvalue weighted by Crippen LogP contribution is 2.14. The molecule has 0 fully saturated rings. The van der Waals surface area contributed by atoms with Gasteiger partial charge in [0, 0.05) is 19.3 Å². The number of esters is 3. The highest BCUT2D eigenvalue weighted by Gasteiger charge is 2.19. The first-order valence-electron chi connectivity index (χ1n) is 28.1. The van der Waals surface area contributed by atoms with Crippen LogP contribution in [0.4, 0.5) is 0 Å². The monoisotopic (exact) mass is 933 g/mol. The van der Waals surface area contributed by atoms with Crippen LogP contribution in [0.25, 0.3) is 0 Å². The van der Waals surface area contributed by atoms with E-state index in [0.29, 0.717) is 19.3 Å². The lowest BCUT2D eigenvalue weighted by atomic mass is 10.1. The van der Waals surface area contributed by atoms with E-state index in [4.69, 9.17) is 14.2 Å². The summed E-state index contributed by atoms with van der Waals surface area (Å²) in [5, 5.41) is 0. The zero-order valence-corrected chi connectivity index (χ0v) is 43.9. The maximum atomic E-state index is 12.8. The number of ether oxygens (including phenoxy) is 3. The Balaban J connectivity index is 4.46. The molecule has 0 rings (SSSR count). The molecule has 6 heteroatoms. The Labute approximate surface area is 414 Å². The van der Waals surface area contributed by atoms with Crippen LogP contribution in [0.1, 0.15) is 265 Å². The molecule has 0 spiro atoms. The van der Waals surface area contributed by atoms with E-state index in [9.17, 15) is 14.4 Å². The third-order valence-corrected chi connectivity index (χ3v) is 11.9. The van der Waals surface area contributed by atoms with Gasteiger partial charge in [0.1, 0.15) is 13.2 Å². The molecule has 6 nitrogen and oxygen atoms in total. The van der Waals surface area contributed by atoms with E-state index in [-0.39, 0.29) is 37.5 Å². The van der Waals surface area contributed by atoms with Crippen molar-refractivity contribution in [3.8, 4) is 0 Å². The number of rotatable bonds is 50. The summed E-state index contributed by atoms with van der Waals surface area (Å²) >= 11 is 0. The summed E-state index contributed by atoms with van der Waals surface area (Å²) in [6.07, 6.45) is 71.5. The summed E-state index contributed by atoms with van der Waals surface area (Å²) in [7, 11) is 0. The third kappa shape index (κ3) is 53.4. The second-order valence-electron chi connectivity index (χ2n) is 18.5. The molecule has 0 heterocycles. The highest BCUT2D eigenvalue weighted by molar-refractivity contribution is 5.71. The molecule has 0 aliphatic carbocycles. The Morgan fingerprint density at radius 2 is 0.597 bits per heavy atom.